The largest absolute Gasteiger partial charge is 0.454 e. The van der Waals surface area contributed by atoms with Gasteiger partial charge in [-0.2, -0.15) is 13.2 Å². The second kappa shape index (κ2) is 5.76. The summed E-state index contributed by atoms with van der Waals surface area (Å²) < 4.78 is 57.5. The highest BCUT2D eigenvalue weighted by molar-refractivity contribution is 5.40. The molecule has 0 atom stereocenters. The van der Waals surface area contributed by atoms with Crippen molar-refractivity contribution in [1.29, 1.82) is 0 Å². The van der Waals surface area contributed by atoms with E-state index in [1.165, 1.54) is 31.2 Å². The zero-order chi connectivity index (χ0) is 15.6. The van der Waals surface area contributed by atoms with Gasteiger partial charge in [0.1, 0.15) is 5.75 Å². The van der Waals surface area contributed by atoms with Gasteiger partial charge in [0.2, 0.25) is 0 Å². The van der Waals surface area contributed by atoms with Crippen LogP contribution in [0.5, 0.6) is 11.5 Å². The first-order chi connectivity index (χ1) is 9.81. The summed E-state index contributed by atoms with van der Waals surface area (Å²) >= 11 is 0. The number of hydrogen-bond acceptors (Lipinski definition) is 1. The molecule has 0 aliphatic carbocycles. The average molecular weight is 298 g/mol. The molecule has 0 heterocycles. The van der Waals surface area contributed by atoms with Gasteiger partial charge in [-0.1, -0.05) is 19.1 Å². The summed E-state index contributed by atoms with van der Waals surface area (Å²) in [5.74, 6) is -0.733. The average Bonchev–Trinajstić information content (AvgIpc) is 2.41. The normalized spacial score (nSPS) is 11.5. The van der Waals surface area contributed by atoms with E-state index in [2.05, 4.69) is 0 Å². The third-order valence-corrected chi connectivity index (χ3v) is 3.15. The standard InChI is InChI=1S/C16H14F4O/c1-3-11-5-7-15(14(17)8-11)21-12-6-4-10(2)13(9-12)16(18,19)20/h4-9H,3H2,1-2H3. The lowest BCUT2D eigenvalue weighted by Crippen LogP contribution is -2.07. The highest BCUT2D eigenvalue weighted by Gasteiger charge is 2.32. The SMILES string of the molecule is CCc1ccc(Oc2ccc(C)c(C(F)(F)F)c2)c(F)c1. The van der Waals surface area contributed by atoms with E-state index in [4.69, 9.17) is 4.74 Å². The molecule has 0 unspecified atom stereocenters. The summed E-state index contributed by atoms with van der Waals surface area (Å²) in [5, 5.41) is 0. The van der Waals surface area contributed by atoms with Crippen LogP contribution in [0.1, 0.15) is 23.6 Å². The molecule has 0 saturated carbocycles. The molecule has 0 saturated heterocycles. The van der Waals surface area contributed by atoms with E-state index < -0.39 is 17.6 Å². The van der Waals surface area contributed by atoms with Crippen LogP contribution in [0.25, 0.3) is 0 Å². The van der Waals surface area contributed by atoms with Crippen molar-refractivity contribution in [2.45, 2.75) is 26.4 Å². The van der Waals surface area contributed by atoms with E-state index in [0.717, 1.165) is 11.6 Å². The van der Waals surface area contributed by atoms with Crippen LogP contribution in [0.3, 0.4) is 0 Å². The Morgan fingerprint density at radius 2 is 1.76 bits per heavy atom. The van der Waals surface area contributed by atoms with Crippen LogP contribution in [-0.4, -0.2) is 0 Å². The van der Waals surface area contributed by atoms with Crippen molar-refractivity contribution < 1.29 is 22.3 Å². The first kappa shape index (κ1) is 15.4. The maximum Gasteiger partial charge on any atom is 0.416 e. The van der Waals surface area contributed by atoms with Crippen LogP contribution < -0.4 is 4.74 Å². The van der Waals surface area contributed by atoms with Gasteiger partial charge >= 0.3 is 6.18 Å². The Labute approximate surface area is 120 Å². The summed E-state index contributed by atoms with van der Waals surface area (Å²) in [4.78, 5) is 0. The Hall–Kier alpha value is -2.04. The molecule has 2 aromatic rings. The zero-order valence-electron chi connectivity index (χ0n) is 11.6. The lowest BCUT2D eigenvalue weighted by Gasteiger charge is -2.13. The maximum atomic E-state index is 13.8. The molecule has 0 spiro atoms. The van der Waals surface area contributed by atoms with Crippen molar-refractivity contribution in [3.8, 4) is 11.5 Å². The minimum absolute atomic E-state index is 0.0453. The number of alkyl halides is 3. The molecule has 0 aliphatic heterocycles. The van der Waals surface area contributed by atoms with Crippen LogP contribution in [0.4, 0.5) is 17.6 Å². The van der Waals surface area contributed by atoms with Crippen molar-refractivity contribution >= 4 is 0 Å². The fourth-order valence-corrected chi connectivity index (χ4v) is 1.94. The third-order valence-electron chi connectivity index (χ3n) is 3.15. The Kier molecular flexibility index (Phi) is 4.21. The van der Waals surface area contributed by atoms with Gasteiger partial charge in [0, 0.05) is 0 Å². The first-order valence-electron chi connectivity index (χ1n) is 6.45. The summed E-state index contributed by atoms with van der Waals surface area (Å²) in [6.45, 7) is 3.24. The first-order valence-corrected chi connectivity index (χ1v) is 6.45. The molecule has 1 nitrogen and oxygen atoms in total. The summed E-state index contributed by atoms with van der Waals surface area (Å²) in [6, 6.07) is 7.98. The smallest absolute Gasteiger partial charge is 0.416 e. The summed E-state index contributed by atoms with van der Waals surface area (Å²) in [5.41, 5.74) is 0.0991. The topological polar surface area (TPSA) is 9.23 Å². The lowest BCUT2D eigenvalue weighted by molar-refractivity contribution is -0.138. The number of benzene rings is 2. The molecule has 21 heavy (non-hydrogen) atoms. The Bertz CT molecular complexity index is 647. The molecule has 0 N–H and O–H groups in total. The highest BCUT2D eigenvalue weighted by atomic mass is 19.4. The monoisotopic (exact) mass is 298 g/mol. The van der Waals surface area contributed by atoms with Crippen LogP contribution in [0, 0.1) is 12.7 Å². The fourth-order valence-electron chi connectivity index (χ4n) is 1.94. The minimum atomic E-state index is -4.46. The van der Waals surface area contributed by atoms with Gasteiger partial charge in [-0.3, -0.25) is 0 Å². The number of aryl methyl sites for hydroxylation is 2. The third kappa shape index (κ3) is 3.54. The summed E-state index contributed by atoms with van der Waals surface area (Å²) in [6.07, 6.45) is -3.80. The molecular weight excluding hydrogens is 284 g/mol. The second-order valence-corrected chi connectivity index (χ2v) is 4.69. The van der Waals surface area contributed by atoms with E-state index in [0.29, 0.717) is 6.42 Å². The second-order valence-electron chi connectivity index (χ2n) is 4.69. The van der Waals surface area contributed by atoms with E-state index in [1.807, 2.05) is 6.92 Å². The molecule has 0 radical (unpaired) electrons. The molecule has 0 amide bonds. The number of ether oxygens (including phenoxy) is 1. The molecule has 5 heteroatoms. The Balaban J connectivity index is 2.32. The van der Waals surface area contributed by atoms with Crippen molar-refractivity contribution in [1.82, 2.24) is 0 Å². The van der Waals surface area contributed by atoms with E-state index in [9.17, 15) is 17.6 Å². The predicted molar refractivity (Wildman–Crippen MR) is 72.0 cm³/mol. The highest BCUT2D eigenvalue weighted by Crippen LogP contribution is 2.35. The summed E-state index contributed by atoms with van der Waals surface area (Å²) in [7, 11) is 0. The maximum absolute atomic E-state index is 13.8. The minimum Gasteiger partial charge on any atom is -0.454 e. The number of halogens is 4. The van der Waals surface area contributed by atoms with Gasteiger partial charge in [0.05, 0.1) is 5.56 Å². The van der Waals surface area contributed by atoms with Gasteiger partial charge in [-0.05, 0) is 48.7 Å². The van der Waals surface area contributed by atoms with Crippen LogP contribution >= 0.6 is 0 Å². The Morgan fingerprint density at radius 3 is 2.33 bits per heavy atom. The molecule has 0 bridgehead atoms. The van der Waals surface area contributed by atoms with Gasteiger partial charge in [0.25, 0.3) is 0 Å². The lowest BCUT2D eigenvalue weighted by atomic mass is 10.1. The molecule has 112 valence electrons. The van der Waals surface area contributed by atoms with Crippen LogP contribution in [-0.2, 0) is 12.6 Å². The van der Waals surface area contributed by atoms with Crippen molar-refractivity contribution in [2.75, 3.05) is 0 Å². The van der Waals surface area contributed by atoms with Crippen molar-refractivity contribution in [3.05, 3.63) is 58.9 Å². The van der Waals surface area contributed by atoms with Gasteiger partial charge in [-0.25, -0.2) is 4.39 Å². The Morgan fingerprint density at radius 1 is 1.05 bits per heavy atom. The number of hydrogen-bond donors (Lipinski definition) is 0. The van der Waals surface area contributed by atoms with Crippen molar-refractivity contribution in [2.24, 2.45) is 0 Å². The van der Waals surface area contributed by atoms with Gasteiger partial charge in [-0.15, -0.1) is 0 Å². The molecule has 0 aromatic heterocycles. The van der Waals surface area contributed by atoms with E-state index in [1.54, 1.807) is 6.07 Å². The zero-order valence-corrected chi connectivity index (χ0v) is 11.6. The van der Waals surface area contributed by atoms with E-state index >= 15 is 0 Å². The molecule has 2 aromatic carbocycles. The van der Waals surface area contributed by atoms with Gasteiger partial charge in [0.15, 0.2) is 11.6 Å². The molecule has 2 rings (SSSR count). The number of rotatable bonds is 3. The predicted octanol–water partition coefficient (Wildman–Crippen LogP) is 5.51. The molecular formula is C16H14F4O. The van der Waals surface area contributed by atoms with Crippen molar-refractivity contribution in [3.63, 3.8) is 0 Å². The quantitative estimate of drug-likeness (QED) is 0.679. The van der Waals surface area contributed by atoms with Crippen LogP contribution in [0.15, 0.2) is 36.4 Å². The van der Waals surface area contributed by atoms with Gasteiger partial charge < -0.3 is 4.74 Å². The van der Waals surface area contributed by atoms with E-state index in [-0.39, 0.29) is 17.1 Å². The fraction of sp³-hybridized carbons (Fsp3) is 0.250. The van der Waals surface area contributed by atoms with Crippen LogP contribution in [0.2, 0.25) is 0 Å². The molecule has 0 aliphatic rings. The molecule has 0 fully saturated rings.